The monoisotopic (exact) mass is 226 g/mol. The van der Waals surface area contributed by atoms with Gasteiger partial charge in [-0.25, -0.2) is 0 Å². The fourth-order valence-corrected chi connectivity index (χ4v) is 2.90. The van der Waals surface area contributed by atoms with Crippen molar-refractivity contribution in [3.8, 4) is 0 Å². The smallest absolute Gasteiger partial charge is 0.0507 e. The average molecular weight is 226 g/mol. The SMILES string of the molecule is CCC1(CNCC2CCOC2)CCNCC1. The summed E-state index contributed by atoms with van der Waals surface area (Å²) < 4.78 is 5.40. The van der Waals surface area contributed by atoms with E-state index in [0.29, 0.717) is 5.41 Å². The van der Waals surface area contributed by atoms with Crippen LogP contribution < -0.4 is 10.6 Å². The summed E-state index contributed by atoms with van der Waals surface area (Å²) in [4.78, 5) is 0. The van der Waals surface area contributed by atoms with Crippen LogP contribution in [0.15, 0.2) is 0 Å². The molecule has 0 aromatic rings. The Morgan fingerprint density at radius 1 is 1.38 bits per heavy atom. The van der Waals surface area contributed by atoms with Crippen LogP contribution >= 0.6 is 0 Å². The van der Waals surface area contributed by atoms with E-state index in [1.807, 2.05) is 0 Å². The van der Waals surface area contributed by atoms with E-state index < -0.39 is 0 Å². The van der Waals surface area contributed by atoms with Crippen LogP contribution in [0.5, 0.6) is 0 Å². The predicted molar refractivity (Wildman–Crippen MR) is 66.6 cm³/mol. The largest absolute Gasteiger partial charge is 0.381 e. The molecule has 3 nitrogen and oxygen atoms in total. The standard InChI is InChI=1S/C13H26N2O/c1-2-13(4-6-14-7-5-13)11-15-9-12-3-8-16-10-12/h12,14-15H,2-11H2,1H3. The van der Waals surface area contributed by atoms with Gasteiger partial charge in [0.15, 0.2) is 0 Å². The van der Waals surface area contributed by atoms with Crippen LogP contribution in [0.2, 0.25) is 0 Å². The van der Waals surface area contributed by atoms with Crippen LogP contribution in [0.3, 0.4) is 0 Å². The van der Waals surface area contributed by atoms with E-state index in [-0.39, 0.29) is 0 Å². The summed E-state index contributed by atoms with van der Waals surface area (Å²) in [7, 11) is 0. The molecule has 0 spiro atoms. The van der Waals surface area contributed by atoms with Crippen LogP contribution in [0.1, 0.15) is 32.6 Å². The molecule has 0 bridgehead atoms. The lowest BCUT2D eigenvalue weighted by Crippen LogP contribution is -2.43. The topological polar surface area (TPSA) is 33.3 Å². The summed E-state index contributed by atoms with van der Waals surface area (Å²) in [5.74, 6) is 0.760. The van der Waals surface area contributed by atoms with Gasteiger partial charge in [-0.05, 0) is 50.1 Å². The number of ether oxygens (including phenoxy) is 1. The van der Waals surface area contributed by atoms with Gasteiger partial charge in [0.25, 0.3) is 0 Å². The molecule has 16 heavy (non-hydrogen) atoms. The minimum Gasteiger partial charge on any atom is -0.381 e. The maximum Gasteiger partial charge on any atom is 0.0507 e. The van der Waals surface area contributed by atoms with Crippen molar-refractivity contribution in [2.75, 3.05) is 39.4 Å². The van der Waals surface area contributed by atoms with Gasteiger partial charge >= 0.3 is 0 Å². The van der Waals surface area contributed by atoms with Gasteiger partial charge < -0.3 is 15.4 Å². The third-order valence-corrected chi connectivity index (χ3v) is 4.37. The molecule has 2 aliphatic heterocycles. The first kappa shape index (κ1) is 12.3. The van der Waals surface area contributed by atoms with E-state index in [1.165, 1.54) is 45.3 Å². The first-order valence-corrected chi connectivity index (χ1v) is 6.84. The third kappa shape index (κ3) is 3.19. The zero-order valence-corrected chi connectivity index (χ0v) is 10.6. The van der Waals surface area contributed by atoms with Gasteiger partial charge in [-0.15, -0.1) is 0 Å². The molecule has 94 valence electrons. The third-order valence-electron chi connectivity index (χ3n) is 4.37. The molecule has 2 fully saturated rings. The van der Waals surface area contributed by atoms with Crippen molar-refractivity contribution in [3.63, 3.8) is 0 Å². The average Bonchev–Trinajstić information content (AvgIpc) is 2.83. The van der Waals surface area contributed by atoms with E-state index in [9.17, 15) is 0 Å². The highest BCUT2D eigenvalue weighted by atomic mass is 16.5. The number of hydrogen-bond acceptors (Lipinski definition) is 3. The van der Waals surface area contributed by atoms with E-state index in [1.54, 1.807) is 0 Å². The van der Waals surface area contributed by atoms with Gasteiger partial charge in [0.2, 0.25) is 0 Å². The zero-order chi connectivity index (χ0) is 11.3. The molecule has 3 heteroatoms. The lowest BCUT2D eigenvalue weighted by Gasteiger charge is -2.37. The van der Waals surface area contributed by atoms with Gasteiger partial charge in [-0.1, -0.05) is 6.92 Å². The summed E-state index contributed by atoms with van der Waals surface area (Å²) in [6.45, 7) is 9.01. The van der Waals surface area contributed by atoms with Crippen molar-refractivity contribution >= 4 is 0 Å². The van der Waals surface area contributed by atoms with Crippen LogP contribution in [-0.4, -0.2) is 39.4 Å². The van der Waals surface area contributed by atoms with Crippen molar-refractivity contribution in [3.05, 3.63) is 0 Å². The van der Waals surface area contributed by atoms with E-state index in [4.69, 9.17) is 4.74 Å². The van der Waals surface area contributed by atoms with Crippen molar-refractivity contribution in [2.24, 2.45) is 11.3 Å². The first-order chi connectivity index (χ1) is 7.85. The summed E-state index contributed by atoms with van der Waals surface area (Å²) in [5, 5.41) is 7.14. The quantitative estimate of drug-likeness (QED) is 0.743. The van der Waals surface area contributed by atoms with Crippen molar-refractivity contribution in [2.45, 2.75) is 32.6 Å². The first-order valence-electron chi connectivity index (χ1n) is 6.84. The van der Waals surface area contributed by atoms with Crippen LogP contribution in [-0.2, 0) is 4.74 Å². The summed E-state index contributed by atoms with van der Waals surface area (Å²) >= 11 is 0. The predicted octanol–water partition coefficient (Wildman–Crippen LogP) is 1.39. The fraction of sp³-hybridized carbons (Fsp3) is 1.00. The maximum absolute atomic E-state index is 5.40. The second kappa shape index (κ2) is 5.99. The number of nitrogens with one attached hydrogen (secondary N) is 2. The van der Waals surface area contributed by atoms with E-state index in [2.05, 4.69) is 17.6 Å². The van der Waals surface area contributed by atoms with Gasteiger partial charge in [0, 0.05) is 19.7 Å². The fourth-order valence-electron chi connectivity index (χ4n) is 2.90. The zero-order valence-electron chi connectivity index (χ0n) is 10.6. The maximum atomic E-state index is 5.40. The number of rotatable bonds is 5. The van der Waals surface area contributed by atoms with E-state index in [0.717, 1.165) is 25.7 Å². The van der Waals surface area contributed by atoms with Gasteiger partial charge in [-0.2, -0.15) is 0 Å². The Morgan fingerprint density at radius 3 is 2.81 bits per heavy atom. The summed E-state index contributed by atoms with van der Waals surface area (Å²) in [5.41, 5.74) is 0.560. The second-order valence-electron chi connectivity index (χ2n) is 5.46. The second-order valence-corrected chi connectivity index (χ2v) is 5.46. The van der Waals surface area contributed by atoms with Crippen molar-refractivity contribution in [1.82, 2.24) is 10.6 Å². The molecule has 2 N–H and O–H groups in total. The molecule has 0 radical (unpaired) electrons. The van der Waals surface area contributed by atoms with E-state index >= 15 is 0 Å². The minimum atomic E-state index is 0.560. The summed E-state index contributed by atoms with van der Waals surface area (Å²) in [6, 6.07) is 0. The molecule has 2 saturated heterocycles. The molecule has 2 aliphatic rings. The van der Waals surface area contributed by atoms with Crippen molar-refractivity contribution < 1.29 is 4.74 Å². The Kier molecular flexibility index (Phi) is 4.62. The van der Waals surface area contributed by atoms with Crippen LogP contribution in [0.4, 0.5) is 0 Å². The Balaban J connectivity index is 1.69. The Hall–Kier alpha value is -0.120. The molecular weight excluding hydrogens is 200 g/mol. The Bertz CT molecular complexity index is 196. The van der Waals surface area contributed by atoms with Gasteiger partial charge in [0.05, 0.1) is 6.61 Å². The highest BCUT2D eigenvalue weighted by Crippen LogP contribution is 2.31. The Morgan fingerprint density at radius 2 is 2.19 bits per heavy atom. The molecular formula is C13H26N2O. The molecule has 0 aromatic carbocycles. The molecule has 1 atom stereocenters. The molecule has 2 heterocycles. The number of hydrogen-bond donors (Lipinski definition) is 2. The minimum absolute atomic E-state index is 0.560. The van der Waals surface area contributed by atoms with Crippen LogP contribution in [0.25, 0.3) is 0 Å². The highest BCUT2D eigenvalue weighted by Gasteiger charge is 2.29. The molecule has 1 unspecified atom stereocenters. The molecule has 0 amide bonds. The normalized spacial score (nSPS) is 29.4. The molecule has 0 saturated carbocycles. The Labute approximate surface area is 99.3 Å². The lowest BCUT2D eigenvalue weighted by molar-refractivity contribution is 0.172. The summed E-state index contributed by atoms with van der Waals surface area (Å²) in [6.07, 6.45) is 5.21. The molecule has 2 rings (SSSR count). The van der Waals surface area contributed by atoms with Crippen molar-refractivity contribution in [1.29, 1.82) is 0 Å². The highest BCUT2D eigenvalue weighted by molar-refractivity contribution is 4.85. The van der Waals surface area contributed by atoms with Crippen LogP contribution in [0, 0.1) is 11.3 Å². The molecule has 0 aromatic heterocycles. The molecule has 0 aliphatic carbocycles. The lowest BCUT2D eigenvalue weighted by atomic mass is 9.76. The van der Waals surface area contributed by atoms with Gasteiger partial charge in [-0.3, -0.25) is 0 Å². The number of piperidine rings is 1. The van der Waals surface area contributed by atoms with Gasteiger partial charge in [0.1, 0.15) is 0 Å².